The number of rotatable bonds is 9. The Morgan fingerprint density at radius 2 is 1.69 bits per heavy atom. The van der Waals surface area contributed by atoms with Crippen molar-refractivity contribution in [3.8, 4) is 11.5 Å². The Labute approximate surface area is 215 Å². The fourth-order valence-electron chi connectivity index (χ4n) is 3.94. The molecule has 8 heteroatoms. The predicted octanol–water partition coefficient (Wildman–Crippen LogP) is 5.30. The zero-order chi connectivity index (χ0) is 25.5. The fraction of sp³-hybridized carbons (Fsp3) is 0.214. The van der Waals surface area contributed by atoms with Gasteiger partial charge >= 0.3 is 5.97 Å². The lowest BCUT2D eigenvalue weighted by molar-refractivity contribution is -0.138. The van der Waals surface area contributed by atoms with E-state index in [4.69, 9.17) is 26.4 Å². The van der Waals surface area contributed by atoms with Crippen LogP contribution in [-0.4, -0.2) is 24.3 Å². The van der Waals surface area contributed by atoms with E-state index in [-0.39, 0.29) is 19.0 Å². The van der Waals surface area contributed by atoms with Crippen molar-refractivity contribution in [2.24, 2.45) is 0 Å². The highest BCUT2D eigenvalue weighted by Crippen LogP contribution is 2.37. The van der Waals surface area contributed by atoms with E-state index in [9.17, 15) is 9.18 Å². The van der Waals surface area contributed by atoms with Gasteiger partial charge in [0, 0.05) is 5.56 Å². The van der Waals surface area contributed by atoms with Gasteiger partial charge in [-0.25, -0.2) is 9.18 Å². The zero-order valence-electron chi connectivity index (χ0n) is 20.0. The van der Waals surface area contributed by atoms with Gasteiger partial charge in [-0.2, -0.15) is 0 Å². The Hall–Kier alpha value is -3.91. The number of halogens is 1. The molecule has 0 bridgehead atoms. The molecular weight excluding hydrogens is 479 g/mol. The van der Waals surface area contributed by atoms with Gasteiger partial charge in [-0.15, -0.1) is 0 Å². The lowest BCUT2D eigenvalue weighted by atomic mass is 9.92. The zero-order valence-corrected chi connectivity index (χ0v) is 20.9. The SMILES string of the molecule is CCOC(=O)C1=C(c2ccccc2)NC(=S)N[C@@H]1c1ccc(OCc2ccccc2F)c(OCC)c1. The Kier molecular flexibility index (Phi) is 8.17. The summed E-state index contributed by atoms with van der Waals surface area (Å²) in [6.07, 6.45) is 0. The molecule has 3 aromatic rings. The van der Waals surface area contributed by atoms with Crippen LogP contribution in [0.2, 0.25) is 0 Å². The third kappa shape index (κ3) is 5.66. The van der Waals surface area contributed by atoms with Gasteiger partial charge in [0.05, 0.1) is 30.5 Å². The van der Waals surface area contributed by atoms with E-state index in [0.29, 0.717) is 40.1 Å². The van der Waals surface area contributed by atoms with Gasteiger partial charge in [-0.1, -0.05) is 54.6 Å². The highest BCUT2D eigenvalue weighted by atomic mass is 32.1. The first-order chi connectivity index (χ1) is 17.5. The highest BCUT2D eigenvalue weighted by molar-refractivity contribution is 7.80. The van der Waals surface area contributed by atoms with Gasteiger partial charge < -0.3 is 24.8 Å². The Bertz CT molecular complexity index is 1280. The standard InChI is InChI=1S/C28H27FN2O4S/c1-3-33-23-16-19(14-15-22(23)35-17-20-12-8-9-13-21(20)29)26-24(27(32)34-4-2)25(30-28(36)31-26)18-10-6-5-7-11-18/h5-16,26H,3-4,17H2,1-2H3,(H2,30,31,36)/t26-/m1/s1. The van der Waals surface area contributed by atoms with Gasteiger partial charge in [0.1, 0.15) is 12.4 Å². The van der Waals surface area contributed by atoms with Crippen LogP contribution in [0.15, 0.2) is 78.4 Å². The van der Waals surface area contributed by atoms with Crippen molar-refractivity contribution >= 4 is 29.0 Å². The van der Waals surface area contributed by atoms with E-state index in [1.165, 1.54) is 6.07 Å². The molecule has 0 radical (unpaired) electrons. The smallest absolute Gasteiger partial charge is 0.338 e. The summed E-state index contributed by atoms with van der Waals surface area (Å²) in [5, 5.41) is 6.70. The molecular formula is C28H27FN2O4S. The third-order valence-electron chi connectivity index (χ3n) is 5.57. The Morgan fingerprint density at radius 1 is 0.944 bits per heavy atom. The van der Waals surface area contributed by atoms with Crippen LogP contribution >= 0.6 is 12.2 Å². The van der Waals surface area contributed by atoms with Gasteiger partial charge in [-0.3, -0.25) is 0 Å². The number of ether oxygens (including phenoxy) is 3. The number of benzene rings is 3. The molecule has 3 aromatic carbocycles. The monoisotopic (exact) mass is 506 g/mol. The van der Waals surface area contributed by atoms with E-state index in [1.54, 1.807) is 37.3 Å². The second kappa shape index (κ2) is 11.7. The highest BCUT2D eigenvalue weighted by Gasteiger charge is 2.33. The third-order valence-corrected chi connectivity index (χ3v) is 5.79. The molecule has 1 atom stereocenters. The van der Waals surface area contributed by atoms with Crippen molar-refractivity contribution in [2.75, 3.05) is 13.2 Å². The maximum atomic E-state index is 14.1. The van der Waals surface area contributed by atoms with E-state index in [0.717, 1.165) is 11.1 Å². The molecule has 0 saturated heterocycles. The molecule has 36 heavy (non-hydrogen) atoms. The second-order valence-electron chi connectivity index (χ2n) is 7.93. The maximum Gasteiger partial charge on any atom is 0.338 e. The van der Waals surface area contributed by atoms with Crippen molar-refractivity contribution in [1.29, 1.82) is 0 Å². The predicted molar refractivity (Wildman–Crippen MR) is 140 cm³/mol. The molecule has 6 nitrogen and oxygen atoms in total. The molecule has 1 aliphatic heterocycles. The number of carbonyl (C=O) groups excluding carboxylic acids is 1. The topological polar surface area (TPSA) is 68.8 Å². The lowest BCUT2D eigenvalue weighted by Gasteiger charge is -2.31. The fourth-order valence-corrected chi connectivity index (χ4v) is 4.16. The molecule has 0 aromatic heterocycles. The van der Waals surface area contributed by atoms with Crippen molar-refractivity contribution in [1.82, 2.24) is 10.6 Å². The minimum Gasteiger partial charge on any atom is -0.490 e. The van der Waals surface area contributed by atoms with Crippen LogP contribution < -0.4 is 20.1 Å². The number of thiocarbonyl (C=S) groups is 1. The quantitative estimate of drug-likeness (QED) is 0.302. The summed E-state index contributed by atoms with van der Waals surface area (Å²) in [5.41, 5.74) is 2.97. The van der Waals surface area contributed by atoms with Crippen LogP contribution in [0.3, 0.4) is 0 Å². The van der Waals surface area contributed by atoms with Crippen LogP contribution in [0.4, 0.5) is 4.39 Å². The molecule has 1 heterocycles. The van der Waals surface area contributed by atoms with Crippen LogP contribution in [0.5, 0.6) is 11.5 Å². The number of hydrogen-bond donors (Lipinski definition) is 2. The summed E-state index contributed by atoms with van der Waals surface area (Å²) in [6, 6.07) is 20.7. The van der Waals surface area contributed by atoms with E-state index < -0.39 is 12.0 Å². The number of hydrogen-bond acceptors (Lipinski definition) is 5. The molecule has 2 N–H and O–H groups in total. The molecule has 0 fully saturated rings. The summed E-state index contributed by atoms with van der Waals surface area (Å²) in [6.45, 7) is 4.30. The van der Waals surface area contributed by atoms with E-state index in [1.807, 2.05) is 43.3 Å². The molecule has 4 rings (SSSR count). The van der Waals surface area contributed by atoms with Crippen LogP contribution in [-0.2, 0) is 16.1 Å². The first kappa shape index (κ1) is 25.2. The summed E-state index contributed by atoms with van der Waals surface area (Å²) in [7, 11) is 0. The van der Waals surface area contributed by atoms with Crippen LogP contribution in [0.1, 0.15) is 36.6 Å². The van der Waals surface area contributed by atoms with E-state index >= 15 is 0 Å². The normalized spacial score (nSPS) is 15.1. The number of esters is 1. The van der Waals surface area contributed by atoms with Gasteiger partial charge in [0.2, 0.25) is 0 Å². The van der Waals surface area contributed by atoms with Crippen LogP contribution in [0, 0.1) is 5.82 Å². The number of carbonyl (C=O) groups is 1. The summed E-state index contributed by atoms with van der Waals surface area (Å²) < 4.78 is 31.2. The Balaban J connectivity index is 1.73. The molecule has 1 aliphatic rings. The van der Waals surface area contributed by atoms with Crippen molar-refractivity contribution in [3.63, 3.8) is 0 Å². The van der Waals surface area contributed by atoms with Crippen molar-refractivity contribution in [3.05, 3.63) is 101 Å². The summed E-state index contributed by atoms with van der Waals surface area (Å²) >= 11 is 5.48. The molecule has 0 amide bonds. The number of nitrogens with one attached hydrogen (secondary N) is 2. The second-order valence-corrected chi connectivity index (χ2v) is 8.33. The summed E-state index contributed by atoms with van der Waals surface area (Å²) in [4.78, 5) is 13.1. The molecule has 0 spiro atoms. The van der Waals surface area contributed by atoms with Gasteiger partial charge in [0.25, 0.3) is 0 Å². The molecule has 0 saturated carbocycles. The Morgan fingerprint density at radius 3 is 2.42 bits per heavy atom. The average molecular weight is 507 g/mol. The van der Waals surface area contributed by atoms with Crippen LogP contribution in [0.25, 0.3) is 5.70 Å². The van der Waals surface area contributed by atoms with Crippen molar-refractivity contribution < 1.29 is 23.4 Å². The molecule has 0 unspecified atom stereocenters. The summed E-state index contributed by atoms with van der Waals surface area (Å²) in [5.74, 6) is 0.145. The largest absolute Gasteiger partial charge is 0.490 e. The molecule has 0 aliphatic carbocycles. The maximum absolute atomic E-state index is 14.1. The molecule has 186 valence electrons. The van der Waals surface area contributed by atoms with E-state index in [2.05, 4.69) is 10.6 Å². The first-order valence-electron chi connectivity index (χ1n) is 11.7. The lowest BCUT2D eigenvalue weighted by Crippen LogP contribution is -2.45. The van der Waals surface area contributed by atoms with Crippen molar-refractivity contribution in [2.45, 2.75) is 26.5 Å². The van der Waals surface area contributed by atoms with Gasteiger partial charge in [-0.05, 0) is 55.4 Å². The minimum absolute atomic E-state index is 0.0495. The average Bonchev–Trinajstić information content (AvgIpc) is 2.89. The van der Waals surface area contributed by atoms with Gasteiger partial charge in [0.15, 0.2) is 16.6 Å². The minimum atomic E-state index is -0.590. The first-order valence-corrected chi connectivity index (χ1v) is 12.1.